The molecular weight excluding hydrogens is 218 g/mol. The van der Waals surface area contributed by atoms with E-state index < -0.39 is 0 Å². The van der Waals surface area contributed by atoms with E-state index in [-0.39, 0.29) is 0 Å². The number of aromatic nitrogens is 2. The van der Waals surface area contributed by atoms with Crippen molar-refractivity contribution in [3.05, 3.63) is 40.3 Å². The summed E-state index contributed by atoms with van der Waals surface area (Å²) in [5.74, 6) is 0. The smallest absolute Gasteiger partial charge is 0.0522 e. The Bertz CT molecular complexity index is 419. The maximum atomic E-state index is 4.29. The van der Waals surface area contributed by atoms with Crippen LogP contribution in [0.5, 0.6) is 0 Å². The van der Waals surface area contributed by atoms with Crippen molar-refractivity contribution in [2.45, 2.75) is 25.9 Å². The molecule has 0 aliphatic carbocycles. The summed E-state index contributed by atoms with van der Waals surface area (Å²) in [6.45, 7) is 3.04. The summed E-state index contributed by atoms with van der Waals surface area (Å²) in [6, 6.07) is 2.57. The van der Waals surface area contributed by atoms with Gasteiger partial charge < -0.3 is 5.32 Å². The second-order valence-electron chi connectivity index (χ2n) is 3.81. The van der Waals surface area contributed by atoms with Gasteiger partial charge in [-0.1, -0.05) is 0 Å². The van der Waals surface area contributed by atoms with Gasteiger partial charge in [0.05, 0.1) is 6.20 Å². The Kier molecular flexibility index (Phi) is 3.74. The van der Waals surface area contributed by atoms with Crippen LogP contribution in [0.15, 0.2) is 29.2 Å². The van der Waals surface area contributed by atoms with Gasteiger partial charge in [-0.3, -0.25) is 4.68 Å². The highest BCUT2D eigenvalue weighted by Gasteiger charge is 2.11. The highest BCUT2D eigenvalue weighted by Crippen LogP contribution is 2.20. The largest absolute Gasteiger partial charge is 0.313 e. The van der Waals surface area contributed by atoms with Crippen molar-refractivity contribution >= 4 is 11.3 Å². The lowest BCUT2D eigenvalue weighted by Gasteiger charge is -2.13. The molecule has 1 unspecified atom stereocenters. The highest BCUT2D eigenvalue weighted by molar-refractivity contribution is 7.07. The van der Waals surface area contributed by atoms with Crippen LogP contribution in [0.25, 0.3) is 0 Å². The zero-order valence-electron chi connectivity index (χ0n) is 9.68. The van der Waals surface area contributed by atoms with Gasteiger partial charge >= 0.3 is 0 Å². The van der Waals surface area contributed by atoms with Crippen LogP contribution in [0.3, 0.4) is 0 Å². The quantitative estimate of drug-likeness (QED) is 0.863. The number of hydrogen-bond donors (Lipinski definition) is 1. The lowest BCUT2D eigenvalue weighted by molar-refractivity contribution is 0.592. The Hall–Kier alpha value is -1.13. The predicted molar refractivity (Wildman–Crippen MR) is 67.7 cm³/mol. The molecule has 0 aromatic carbocycles. The van der Waals surface area contributed by atoms with Gasteiger partial charge in [-0.2, -0.15) is 16.4 Å². The number of rotatable bonds is 5. The maximum Gasteiger partial charge on any atom is 0.0522 e. The van der Waals surface area contributed by atoms with E-state index >= 15 is 0 Å². The molecule has 0 aliphatic rings. The zero-order valence-corrected chi connectivity index (χ0v) is 10.5. The van der Waals surface area contributed by atoms with Gasteiger partial charge in [0.15, 0.2) is 0 Å². The molecule has 0 amide bonds. The SMILES string of the molecule is CCn1cc(CC(NC)c2ccsc2)cn1. The fourth-order valence-corrected chi connectivity index (χ4v) is 2.49. The van der Waals surface area contributed by atoms with E-state index in [4.69, 9.17) is 0 Å². The van der Waals surface area contributed by atoms with E-state index in [0.717, 1.165) is 13.0 Å². The molecule has 1 N–H and O–H groups in total. The second-order valence-corrected chi connectivity index (χ2v) is 4.59. The molecule has 1 atom stereocenters. The van der Waals surface area contributed by atoms with Crippen LogP contribution in [0.1, 0.15) is 24.1 Å². The fraction of sp³-hybridized carbons (Fsp3) is 0.417. The van der Waals surface area contributed by atoms with Gasteiger partial charge in [0.25, 0.3) is 0 Å². The molecule has 2 aromatic rings. The molecule has 86 valence electrons. The van der Waals surface area contributed by atoms with Crippen molar-refractivity contribution in [2.75, 3.05) is 7.05 Å². The average Bonchev–Trinajstić information content (AvgIpc) is 2.96. The van der Waals surface area contributed by atoms with Gasteiger partial charge in [-0.05, 0) is 48.3 Å². The minimum absolute atomic E-state index is 0.390. The molecule has 0 aliphatic heterocycles. The number of nitrogens with one attached hydrogen (secondary N) is 1. The van der Waals surface area contributed by atoms with Crippen LogP contribution in [-0.4, -0.2) is 16.8 Å². The van der Waals surface area contributed by atoms with Gasteiger partial charge in [0.2, 0.25) is 0 Å². The molecule has 4 heteroatoms. The number of hydrogen-bond acceptors (Lipinski definition) is 3. The molecule has 16 heavy (non-hydrogen) atoms. The number of thiophene rings is 1. The Labute approximate surface area is 100 Å². The maximum absolute atomic E-state index is 4.29. The molecule has 3 nitrogen and oxygen atoms in total. The van der Waals surface area contributed by atoms with E-state index in [1.54, 1.807) is 11.3 Å². The van der Waals surface area contributed by atoms with Crippen molar-refractivity contribution in [1.82, 2.24) is 15.1 Å². The number of likely N-dealkylation sites (N-methyl/N-ethyl adjacent to an activating group) is 1. The molecule has 0 bridgehead atoms. The summed E-state index contributed by atoms with van der Waals surface area (Å²) >= 11 is 1.74. The summed E-state index contributed by atoms with van der Waals surface area (Å²) in [4.78, 5) is 0. The Morgan fingerprint density at radius 3 is 3.00 bits per heavy atom. The van der Waals surface area contributed by atoms with Crippen LogP contribution in [0.4, 0.5) is 0 Å². The van der Waals surface area contributed by atoms with Crippen molar-refractivity contribution in [2.24, 2.45) is 0 Å². The van der Waals surface area contributed by atoms with Crippen LogP contribution < -0.4 is 5.32 Å². The molecular formula is C12H17N3S. The monoisotopic (exact) mass is 235 g/mol. The Balaban J connectivity index is 2.07. The number of aryl methyl sites for hydroxylation is 1. The van der Waals surface area contributed by atoms with Gasteiger partial charge in [-0.25, -0.2) is 0 Å². The van der Waals surface area contributed by atoms with Gasteiger partial charge in [0.1, 0.15) is 0 Å². The van der Waals surface area contributed by atoms with Crippen molar-refractivity contribution in [3.8, 4) is 0 Å². The van der Waals surface area contributed by atoms with Crippen molar-refractivity contribution < 1.29 is 0 Å². The van der Waals surface area contributed by atoms with Crippen molar-refractivity contribution in [1.29, 1.82) is 0 Å². The third kappa shape index (κ3) is 2.51. The minimum atomic E-state index is 0.390. The van der Waals surface area contributed by atoms with E-state index in [1.165, 1.54) is 11.1 Å². The van der Waals surface area contributed by atoms with Crippen LogP contribution >= 0.6 is 11.3 Å². The first kappa shape index (κ1) is 11.4. The fourth-order valence-electron chi connectivity index (χ4n) is 1.78. The summed E-state index contributed by atoms with van der Waals surface area (Å²) in [5.41, 5.74) is 2.64. The lowest BCUT2D eigenvalue weighted by Crippen LogP contribution is -2.17. The van der Waals surface area contributed by atoms with E-state index in [0.29, 0.717) is 6.04 Å². The molecule has 0 spiro atoms. The highest BCUT2D eigenvalue weighted by atomic mass is 32.1. The van der Waals surface area contributed by atoms with E-state index in [9.17, 15) is 0 Å². The summed E-state index contributed by atoms with van der Waals surface area (Å²) in [7, 11) is 2.01. The van der Waals surface area contributed by atoms with E-state index in [2.05, 4.69) is 40.4 Å². The topological polar surface area (TPSA) is 29.9 Å². The van der Waals surface area contributed by atoms with E-state index in [1.807, 2.05) is 17.9 Å². The van der Waals surface area contributed by atoms with Gasteiger partial charge in [-0.15, -0.1) is 0 Å². The first-order valence-corrected chi connectivity index (χ1v) is 6.48. The van der Waals surface area contributed by atoms with Crippen LogP contribution in [-0.2, 0) is 13.0 Å². The van der Waals surface area contributed by atoms with Crippen LogP contribution in [0, 0.1) is 0 Å². The molecule has 0 radical (unpaired) electrons. The lowest BCUT2D eigenvalue weighted by atomic mass is 10.0. The first-order chi connectivity index (χ1) is 7.83. The third-order valence-corrected chi connectivity index (χ3v) is 3.45. The molecule has 0 saturated heterocycles. The summed E-state index contributed by atoms with van der Waals surface area (Å²) in [6.07, 6.45) is 5.07. The third-order valence-electron chi connectivity index (χ3n) is 2.74. The Morgan fingerprint density at radius 2 is 2.44 bits per heavy atom. The minimum Gasteiger partial charge on any atom is -0.313 e. The molecule has 2 rings (SSSR count). The molecule has 0 fully saturated rings. The Morgan fingerprint density at radius 1 is 1.56 bits per heavy atom. The standard InChI is InChI=1S/C12H17N3S/c1-3-15-8-10(7-14-15)6-12(13-2)11-4-5-16-9-11/h4-5,7-9,12-13H,3,6H2,1-2H3. The average molecular weight is 235 g/mol. The first-order valence-electron chi connectivity index (χ1n) is 5.54. The van der Waals surface area contributed by atoms with Crippen LogP contribution in [0.2, 0.25) is 0 Å². The molecule has 0 saturated carbocycles. The predicted octanol–water partition coefficient (Wildman–Crippen LogP) is 2.47. The normalized spacial score (nSPS) is 12.9. The molecule has 2 aromatic heterocycles. The summed E-state index contributed by atoms with van der Waals surface area (Å²) in [5, 5.41) is 12.0. The van der Waals surface area contributed by atoms with Crippen molar-refractivity contribution in [3.63, 3.8) is 0 Å². The second kappa shape index (κ2) is 5.27. The zero-order chi connectivity index (χ0) is 11.4. The van der Waals surface area contributed by atoms with Gasteiger partial charge in [0, 0.05) is 18.8 Å². The molecule has 2 heterocycles. The summed E-state index contributed by atoms with van der Waals surface area (Å²) < 4.78 is 1.97. The number of nitrogens with zero attached hydrogens (tertiary/aromatic N) is 2.